The van der Waals surface area contributed by atoms with Gasteiger partial charge in [0.05, 0.1) is 17.1 Å². The van der Waals surface area contributed by atoms with Gasteiger partial charge in [-0.15, -0.1) is 0 Å². The molecule has 30 heavy (non-hydrogen) atoms. The van der Waals surface area contributed by atoms with Crippen LogP contribution in [0, 0.1) is 0 Å². The number of para-hydroxylation sites is 3. The van der Waals surface area contributed by atoms with Crippen LogP contribution in [0.4, 0.5) is 5.69 Å². The monoisotopic (exact) mass is 397 g/mol. The Kier molecular flexibility index (Phi) is 5.49. The van der Waals surface area contributed by atoms with Crippen LogP contribution in [0.1, 0.15) is 63.3 Å². The molecule has 0 aliphatic rings. The molecule has 0 saturated heterocycles. The van der Waals surface area contributed by atoms with Gasteiger partial charge in [-0.05, 0) is 54.2 Å². The molecular formula is C26H27N3O. The Morgan fingerprint density at radius 1 is 0.800 bits per heavy atom. The highest BCUT2D eigenvalue weighted by molar-refractivity contribution is 5.99. The third-order valence-corrected chi connectivity index (χ3v) is 5.25. The summed E-state index contributed by atoms with van der Waals surface area (Å²) in [5.41, 5.74) is 7.58. The molecule has 0 saturated carbocycles. The molecule has 0 aliphatic carbocycles. The smallest absolute Gasteiger partial charge is 0.246 e. The van der Waals surface area contributed by atoms with Crippen LogP contribution >= 0.6 is 0 Å². The molecule has 0 aliphatic heterocycles. The molecule has 2 heterocycles. The molecule has 0 N–H and O–H groups in total. The van der Waals surface area contributed by atoms with Gasteiger partial charge in [0.25, 0.3) is 0 Å². The van der Waals surface area contributed by atoms with Gasteiger partial charge in [0.2, 0.25) is 5.89 Å². The van der Waals surface area contributed by atoms with Crippen LogP contribution in [-0.2, 0) is 0 Å². The van der Waals surface area contributed by atoms with E-state index in [-0.39, 0.29) is 0 Å². The zero-order valence-electron chi connectivity index (χ0n) is 18.2. The average Bonchev–Trinajstić information content (AvgIpc) is 3.18. The lowest BCUT2D eigenvalue weighted by Gasteiger charge is -2.17. The fraction of sp³-hybridized carbons (Fsp3) is 0.269. The van der Waals surface area contributed by atoms with Gasteiger partial charge in [0.1, 0.15) is 11.2 Å². The zero-order chi connectivity index (χ0) is 21.3. The number of hydrogen-bond acceptors (Lipinski definition) is 4. The first-order valence-corrected chi connectivity index (χ1v) is 10.5. The number of benzene rings is 2. The minimum Gasteiger partial charge on any atom is -0.435 e. The summed E-state index contributed by atoms with van der Waals surface area (Å²) in [5.74, 6) is 1.32. The lowest BCUT2D eigenvalue weighted by atomic mass is 9.93. The zero-order valence-corrected chi connectivity index (χ0v) is 18.2. The molecule has 0 bridgehead atoms. The van der Waals surface area contributed by atoms with E-state index in [1.807, 2.05) is 49.4 Å². The van der Waals surface area contributed by atoms with Crippen LogP contribution in [0.15, 0.2) is 70.1 Å². The highest BCUT2D eigenvalue weighted by Crippen LogP contribution is 2.35. The minimum atomic E-state index is 0.397. The van der Waals surface area contributed by atoms with Crippen molar-refractivity contribution in [1.29, 1.82) is 0 Å². The SMILES string of the molecule is CC(=Nc1c(C(C)C)cccc1C(C)C)c1cccc(-c2nc3ccccc3o2)n1. The summed E-state index contributed by atoms with van der Waals surface area (Å²) in [7, 11) is 0. The van der Waals surface area contributed by atoms with Crippen molar-refractivity contribution < 1.29 is 4.42 Å². The highest BCUT2D eigenvalue weighted by atomic mass is 16.3. The van der Waals surface area contributed by atoms with Crippen LogP contribution in [-0.4, -0.2) is 15.7 Å². The fourth-order valence-electron chi connectivity index (χ4n) is 3.60. The molecule has 2 aromatic heterocycles. The van der Waals surface area contributed by atoms with Crippen molar-refractivity contribution in [2.24, 2.45) is 4.99 Å². The number of fused-ring (bicyclic) bond motifs is 1. The van der Waals surface area contributed by atoms with Crippen LogP contribution in [0.25, 0.3) is 22.7 Å². The number of rotatable bonds is 5. The van der Waals surface area contributed by atoms with Crippen molar-refractivity contribution in [3.05, 3.63) is 77.5 Å². The predicted molar refractivity (Wildman–Crippen MR) is 124 cm³/mol. The first-order chi connectivity index (χ1) is 14.4. The fourth-order valence-corrected chi connectivity index (χ4v) is 3.60. The number of oxazole rings is 1. The van der Waals surface area contributed by atoms with E-state index in [0.717, 1.165) is 28.2 Å². The highest BCUT2D eigenvalue weighted by Gasteiger charge is 2.15. The van der Waals surface area contributed by atoms with Crippen molar-refractivity contribution in [1.82, 2.24) is 9.97 Å². The molecule has 152 valence electrons. The Balaban J connectivity index is 1.77. The molecule has 4 nitrogen and oxygen atoms in total. The van der Waals surface area contributed by atoms with E-state index in [4.69, 9.17) is 14.4 Å². The molecular weight excluding hydrogens is 370 g/mol. The van der Waals surface area contributed by atoms with E-state index in [9.17, 15) is 0 Å². The summed E-state index contributed by atoms with van der Waals surface area (Å²) in [5, 5.41) is 0. The van der Waals surface area contributed by atoms with Crippen molar-refractivity contribution in [2.45, 2.75) is 46.5 Å². The molecule has 0 fully saturated rings. The van der Waals surface area contributed by atoms with E-state index >= 15 is 0 Å². The standard InChI is InChI=1S/C26H27N3O/c1-16(2)19-10-8-11-20(17(3)4)25(19)27-18(5)21-13-9-14-23(28-21)26-29-22-12-6-7-15-24(22)30-26/h6-17H,1-5H3. The second kappa shape index (κ2) is 8.23. The summed E-state index contributed by atoms with van der Waals surface area (Å²) in [6.45, 7) is 10.8. The maximum atomic E-state index is 5.89. The second-order valence-electron chi connectivity index (χ2n) is 8.19. The Bertz CT molecular complexity index is 1160. The maximum absolute atomic E-state index is 5.89. The molecule has 2 aromatic carbocycles. The van der Waals surface area contributed by atoms with Crippen LogP contribution < -0.4 is 0 Å². The van der Waals surface area contributed by atoms with Crippen LogP contribution in [0.5, 0.6) is 0 Å². The normalized spacial score (nSPS) is 12.3. The first kappa shape index (κ1) is 20.0. The van der Waals surface area contributed by atoms with Gasteiger partial charge in [-0.2, -0.15) is 0 Å². The summed E-state index contributed by atoms with van der Waals surface area (Å²) >= 11 is 0. The van der Waals surface area contributed by atoms with E-state index < -0.39 is 0 Å². The maximum Gasteiger partial charge on any atom is 0.246 e. The molecule has 4 heteroatoms. The second-order valence-corrected chi connectivity index (χ2v) is 8.19. The van der Waals surface area contributed by atoms with E-state index in [1.165, 1.54) is 11.1 Å². The summed E-state index contributed by atoms with van der Waals surface area (Å²) in [6, 6.07) is 20.1. The van der Waals surface area contributed by atoms with Gasteiger partial charge >= 0.3 is 0 Å². The molecule has 0 unspecified atom stereocenters. The van der Waals surface area contributed by atoms with Gasteiger partial charge in [0.15, 0.2) is 5.58 Å². The third-order valence-electron chi connectivity index (χ3n) is 5.25. The quantitative estimate of drug-likeness (QED) is 0.333. The van der Waals surface area contributed by atoms with Crippen molar-refractivity contribution >= 4 is 22.5 Å². The number of nitrogens with zero attached hydrogens (tertiary/aromatic N) is 3. The van der Waals surface area contributed by atoms with Crippen LogP contribution in [0.2, 0.25) is 0 Å². The van der Waals surface area contributed by atoms with Gasteiger partial charge in [-0.1, -0.05) is 64.1 Å². The largest absolute Gasteiger partial charge is 0.435 e. The summed E-state index contributed by atoms with van der Waals surface area (Å²) in [6.07, 6.45) is 0. The topological polar surface area (TPSA) is 51.3 Å². The number of aliphatic imine (C=N–C) groups is 1. The molecule has 4 aromatic rings. The third kappa shape index (κ3) is 3.90. The van der Waals surface area contributed by atoms with Gasteiger partial charge in [-0.3, -0.25) is 4.99 Å². The number of hydrogen-bond donors (Lipinski definition) is 0. The average molecular weight is 398 g/mol. The summed E-state index contributed by atoms with van der Waals surface area (Å²) < 4.78 is 5.89. The number of pyridine rings is 1. The van der Waals surface area contributed by atoms with Crippen molar-refractivity contribution in [3.8, 4) is 11.6 Å². The van der Waals surface area contributed by atoms with E-state index in [2.05, 4.69) is 50.9 Å². The van der Waals surface area contributed by atoms with Gasteiger partial charge in [0, 0.05) is 0 Å². The lowest BCUT2D eigenvalue weighted by molar-refractivity contribution is 0.616. The lowest BCUT2D eigenvalue weighted by Crippen LogP contribution is -2.02. The predicted octanol–water partition coefficient (Wildman–Crippen LogP) is 7.28. The molecule has 0 spiro atoms. The molecule has 0 radical (unpaired) electrons. The molecule has 0 amide bonds. The van der Waals surface area contributed by atoms with Gasteiger partial charge < -0.3 is 4.42 Å². The molecule has 4 rings (SSSR count). The summed E-state index contributed by atoms with van der Waals surface area (Å²) in [4.78, 5) is 14.4. The minimum absolute atomic E-state index is 0.397. The Labute approximate surface area is 177 Å². The Morgan fingerprint density at radius 2 is 1.47 bits per heavy atom. The number of aromatic nitrogens is 2. The van der Waals surface area contributed by atoms with Crippen molar-refractivity contribution in [2.75, 3.05) is 0 Å². The van der Waals surface area contributed by atoms with E-state index in [0.29, 0.717) is 23.4 Å². The van der Waals surface area contributed by atoms with E-state index in [1.54, 1.807) is 0 Å². The first-order valence-electron chi connectivity index (χ1n) is 10.5. The van der Waals surface area contributed by atoms with Crippen LogP contribution in [0.3, 0.4) is 0 Å². The Hall–Kier alpha value is -3.27. The molecule has 0 atom stereocenters. The van der Waals surface area contributed by atoms with Crippen molar-refractivity contribution in [3.63, 3.8) is 0 Å². The van der Waals surface area contributed by atoms with Gasteiger partial charge in [-0.25, -0.2) is 9.97 Å². The Morgan fingerprint density at radius 3 is 2.13 bits per heavy atom.